The molecule has 0 atom stereocenters. The molecule has 1 aliphatic carbocycles. The van der Waals surface area contributed by atoms with Gasteiger partial charge < -0.3 is 10.2 Å². The Bertz CT molecular complexity index is 485. The van der Waals surface area contributed by atoms with Gasteiger partial charge in [-0.3, -0.25) is 9.59 Å². The van der Waals surface area contributed by atoms with Crippen molar-refractivity contribution in [1.82, 2.24) is 4.90 Å². The molecule has 0 spiro atoms. The highest BCUT2D eigenvalue weighted by Gasteiger charge is 2.29. The van der Waals surface area contributed by atoms with Crippen LogP contribution in [0.25, 0.3) is 0 Å². The van der Waals surface area contributed by atoms with Crippen molar-refractivity contribution in [2.75, 3.05) is 18.4 Å². The number of nitrogens with zero attached hydrogens (tertiary/aromatic N) is 1. The molecule has 0 aromatic heterocycles. The van der Waals surface area contributed by atoms with E-state index in [-0.39, 0.29) is 17.7 Å². The Morgan fingerprint density at radius 3 is 2.26 bits per heavy atom. The van der Waals surface area contributed by atoms with Gasteiger partial charge in [-0.15, -0.1) is 0 Å². The van der Waals surface area contributed by atoms with E-state index in [9.17, 15) is 9.59 Å². The van der Waals surface area contributed by atoms with Gasteiger partial charge in [-0.25, -0.2) is 0 Å². The zero-order valence-corrected chi connectivity index (χ0v) is 10.9. The van der Waals surface area contributed by atoms with Crippen LogP contribution in [0.4, 0.5) is 5.69 Å². The topological polar surface area (TPSA) is 49.4 Å². The third-order valence-electron chi connectivity index (χ3n) is 3.74. The maximum Gasteiger partial charge on any atom is 0.253 e. The first-order valence-corrected chi connectivity index (χ1v) is 6.94. The van der Waals surface area contributed by atoms with E-state index < -0.39 is 0 Å². The van der Waals surface area contributed by atoms with Gasteiger partial charge in [0.05, 0.1) is 0 Å². The summed E-state index contributed by atoms with van der Waals surface area (Å²) in [4.78, 5) is 25.6. The lowest BCUT2D eigenvalue weighted by atomic mass is 10.2. The van der Waals surface area contributed by atoms with Crippen molar-refractivity contribution in [2.45, 2.75) is 25.7 Å². The van der Waals surface area contributed by atoms with Crippen LogP contribution in [0.2, 0.25) is 0 Å². The van der Waals surface area contributed by atoms with Gasteiger partial charge >= 0.3 is 0 Å². The number of carbonyl (C=O) groups excluding carboxylic acids is 2. The second-order valence-corrected chi connectivity index (χ2v) is 5.34. The Balaban J connectivity index is 1.64. The Hall–Kier alpha value is -1.84. The Morgan fingerprint density at radius 1 is 1.05 bits per heavy atom. The van der Waals surface area contributed by atoms with Crippen LogP contribution in [0.5, 0.6) is 0 Å². The van der Waals surface area contributed by atoms with Gasteiger partial charge in [-0.1, -0.05) is 0 Å². The van der Waals surface area contributed by atoms with Crippen LogP contribution in [0, 0.1) is 5.92 Å². The molecule has 0 radical (unpaired) electrons. The third kappa shape index (κ3) is 2.78. The molecule has 2 amide bonds. The second-order valence-electron chi connectivity index (χ2n) is 5.34. The van der Waals surface area contributed by atoms with Crippen molar-refractivity contribution >= 4 is 17.5 Å². The molecule has 1 aromatic carbocycles. The summed E-state index contributed by atoms with van der Waals surface area (Å²) in [6.07, 6.45) is 4.19. The van der Waals surface area contributed by atoms with E-state index in [2.05, 4.69) is 5.32 Å². The first-order chi connectivity index (χ1) is 9.24. The minimum absolute atomic E-state index is 0.0950. The molecule has 100 valence electrons. The third-order valence-corrected chi connectivity index (χ3v) is 3.74. The summed E-state index contributed by atoms with van der Waals surface area (Å²) in [6, 6.07) is 7.21. The Kier molecular flexibility index (Phi) is 3.23. The lowest BCUT2D eigenvalue weighted by molar-refractivity contribution is -0.117. The van der Waals surface area contributed by atoms with E-state index in [1.165, 1.54) is 0 Å². The minimum atomic E-state index is 0.0950. The van der Waals surface area contributed by atoms with E-state index in [0.717, 1.165) is 44.5 Å². The van der Waals surface area contributed by atoms with E-state index in [1.807, 2.05) is 17.0 Å². The molecule has 2 aliphatic rings. The molecule has 1 saturated carbocycles. The Labute approximate surface area is 112 Å². The second kappa shape index (κ2) is 5.03. The van der Waals surface area contributed by atoms with Gasteiger partial charge in [0.1, 0.15) is 0 Å². The lowest BCUT2D eigenvalue weighted by Gasteiger charge is -2.15. The molecule has 1 heterocycles. The number of nitrogens with one attached hydrogen (secondary N) is 1. The van der Waals surface area contributed by atoms with Crippen molar-refractivity contribution in [3.05, 3.63) is 29.8 Å². The van der Waals surface area contributed by atoms with E-state index >= 15 is 0 Å². The average Bonchev–Trinajstić information content (AvgIpc) is 3.14. The van der Waals surface area contributed by atoms with Crippen molar-refractivity contribution in [3.8, 4) is 0 Å². The van der Waals surface area contributed by atoms with Gasteiger partial charge in [-0.2, -0.15) is 0 Å². The van der Waals surface area contributed by atoms with Gasteiger partial charge in [-0.05, 0) is 49.9 Å². The van der Waals surface area contributed by atoms with Crippen molar-refractivity contribution in [3.63, 3.8) is 0 Å². The van der Waals surface area contributed by atoms with Crippen LogP contribution in [0.1, 0.15) is 36.0 Å². The fraction of sp³-hybridized carbons (Fsp3) is 0.467. The molecule has 1 aromatic rings. The molecule has 1 aliphatic heterocycles. The average molecular weight is 258 g/mol. The van der Waals surface area contributed by atoms with E-state index in [0.29, 0.717) is 5.56 Å². The number of carbonyl (C=O) groups is 2. The number of amides is 2. The monoisotopic (exact) mass is 258 g/mol. The van der Waals surface area contributed by atoms with Gasteiger partial charge in [0, 0.05) is 30.3 Å². The maximum atomic E-state index is 12.1. The predicted octanol–water partition coefficient (Wildman–Crippen LogP) is 2.27. The molecule has 2 fully saturated rings. The highest BCUT2D eigenvalue weighted by atomic mass is 16.2. The highest BCUT2D eigenvalue weighted by Crippen LogP contribution is 2.30. The Morgan fingerprint density at radius 2 is 1.68 bits per heavy atom. The molecule has 4 heteroatoms. The first-order valence-electron chi connectivity index (χ1n) is 6.94. The lowest BCUT2D eigenvalue weighted by Crippen LogP contribution is -2.27. The smallest absolute Gasteiger partial charge is 0.253 e. The zero-order valence-electron chi connectivity index (χ0n) is 10.9. The fourth-order valence-electron chi connectivity index (χ4n) is 2.39. The number of anilines is 1. The number of rotatable bonds is 3. The summed E-state index contributed by atoms with van der Waals surface area (Å²) < 4.78 is 0. The maximum absolute atomic E-state index is 12.1. The summed E-state index contributed by atoms with van der Waals surface area (Å²) in [7, 11) is 0. The van der Waals surface area contributed by atoms with Crippen LogP contribution < -0.4 is 5.32 Å². The summed E-state index contributed by atoms with van der Waals surface area (Å²) in [5.74, 6) is 0.391. The van der Waals surface area contributed by atoms with Crippen molar-refractivity contribution < 1.29 is 9.59 Å². The van der Waals surface area contributed by atoms with Crippen LogP contribution >= 0.6 is 0 Å². The summed E-state index contributed by atoms with van der Waals surface area (Å²) in [5, 5.41) is 2.88. The van der Waals surface area contributed by atoms with Crippen LogP contribution in [-0.2, 0) is 4.79 Å². The first kappa shape index (κ1) is 12.2. The standard InChI is InChI=1S/C15H18N2O2/c18-14(11-3-4-11)16-13-7-5-12(6-8-13)15(19)17-9-1-2-10-17/h5-8,11H,1-4,9-10H2,(H,16,18). The fourth-order valence-corrected chi connectivity index (χ4v) is 2.39. The summed E-state index contributed by atoms with van der Waals surface area (Å²) in [6.45, 7) is 1.72. The van der Waals surface area contributed by atoms with Crippen molar-refractivity contribution in [1.29, 1.82) is 0 Å². The molecule has 1 N–H and O–H groups in total. The SMILES string of the molecule is O=C(Nc1ccc(C(=O)N2CCCC2)cc1)C1CC1. The van der Waals surface area contributed by atoms with Crippen LogP contribution in [-0.4, -0.2) is 29.8 Å². The predicted molar refractivity (Wildman–Crippen MR) is 72.9 cm³/mol. The van der Waals surface area contributed by atoms with Crippen molar-refractivity contribution in [2.24, 2.45) is 5.92 Å². The van der Waals surface area contributed by atoms with Gasteiger partial charge in [0.15, 0.2) is 0 Å². The minimum Gasteiger partial charge on any atom is -0.339 e. The number of benzene rings is 1. The molecular formula is C15H18N2O2. The zero-order chi connectivity index (χ0) is 13.2. The van der Waals surface area contributed by atoms with Crippen LogP contribution in [0.3, 0.4) is 0 Å². The molecular weight excluding hydrogens is 240 g/mol. The molecule has 0 bridgehead atoms. The largest absolute Gasteiger partial charge is 0.339 e. The number of hydrogen-bond acceptors (Lipinski definition) is 2. The quantitative estimate of drug-likeness (QED) is 0.904. The van der Waals surface area contributed by atoms with Crippen LogP contribution in [0.15, 0.2) is 24.3 Å². The molecule has 19 heavy (non-hydrogen) atoms. The molecule has 0 unspecified atom stereocenters. The number of likely N-dealkylation sites (tertiary alicyclic amines) is 1. The molecule has 1 saturated heterocycles. The molecule has 3 rings (SSSR count). The van der Waals surface area contributed by atoms with E-state index in [1.54, 1.807) is 12.1 Å². The highest BCUT2D eigenvalue weighted by molar-refractivity contribution is 5.96. The summed E-state index contributed by atoms with van der Waals surface area (Å²) >= 11 is 0. The molecule has 4 nitrogen and oxygen atoms in total. The summed E-state index contributed by atoms with van der Waals surface area (Å²) in [5.41, 5.74) is 1.47. The van der Waals surface area contributed by atoms with E-state index in [4.69, 9.17) is 0 Å². The normalized spacial score (nSPS) is 18.4. The van der Waals surface area contributed by atoms with Gasteiger partial charge in [0.2, 0.25) is 5.91 Å². The van der Waals surface area contributed by atoms with Gasteiger partial charge in [0.25, 0.3) is 5.91 Å². The number of hydrogen-bond donors (Lipinski definition) is 1.